The lowest BCUT2D eigenvalue weighted by atomic mass is 9.95. The van der Waals surface area contributed by atoms with Crippen molar-refractivity contribution in [3.05, 3.63) is 106 Å². The molecule has 0 atom stereocenters. The van der Waals surface area contributed by atoms with Crippen LogP contribution in [-0.2, 0) is 6.54 Å². The molecule has 5 aromatic rings. The van der Waals surface area contributed by atoms with Crippen LogP contribution in [0.4, 0.5) is 5.69 Å². The van der Waals surface area contributed by atoms with Crippen molar-refractivity contribution in [2.75, 3.05) is 5.32 Å². The highest BCUT2D eigenvalue weighted by atomic mass is 16.2. The van der Waals surface area contributed by atoms with E-state index in [2.05, 4.69) is 25.6 Å². The third-order valence-corrected chi connectivity index (χ3v) is 6.45. The molecule has 0 fully saturated rings. The van der Waals surface area contributed by atoms with E-state index in [0.29, 0.717) is 29.1 Å². The predicted octanol–water partition coefficient (Wildman–Crippen LogP) is 5.75. The molecular formula is C30H28N6O2. The highest BCUT2D eigenvalue weighted by Crippen LogP contribution is 2.26. The van der Waals surface area contributed by atoms with Gasteiger partial charge in [0.05, 0.1) is 22.6 Å². The van der Waals surface area contributed by atoms with E-state index in [0.717, 1.165) is 39.1 Å². The summed E-state index contributed by atoms with van der Waals surface area (Å²) in [5.74, 6) is -0.391. The number of aromatic amines is 1. The zero-order valence-corrected chi connectivity index (χ0v) is 21.7. The number of nitrogens with one attached hydrogen (secondary N) is 2. The Balaban J connectivity index is 1.42. The van der Waals surface area contributed by atoms with Crippen molar-refractivity contribution in [3.8, 4) is 0 Å². The zero-order chi connectivity index (χ0) is 26.8. The fourth-order valence-corrected chi connectivity index (χ4v) is 4.49. The van der Waals surface area contributed by atoms with Gasteiger partial charge in [-0.05, 0) is 87.4 Å². The first-order chi connectivity index (χ1) is 18.3. The second kappa shape index (κ2) is 10.3. The van der Waals surface area contributed by atoms with Crippen molar-refractivity contribution < 1.29 is 9.59 Å². The molecule has 0 aliphatic rings. The number of aryl methyl sites for hydroxylation is 4. The molecule has 0 aliphatic carbocycles. The summed E-state index contributed by atoms with van der Waals surface area (Å²) in [6.45, 7) is 8.19. The monoisotopic (exact) mass is 504 g/mol. The molecule has 0 spiro atoms. The van der Waals surface area contributed by atoms with E-state index in [4.69, 9.17) is 0 Å². The maximum absolute atomic E-state index is 13.6. The quantitative estimate of drug-likeness (QED) is 0.274. The summed E-state index contributed by atoms with van der Waals surface area (Å²) in [6, 6.07) is 16.7. The molecule has 190 valence electrons. The summed E-state index contributed by atoms with van der Waals surface area (Å²) in [7, 11) is 0. The third kappa shape index (κ3) is 4.88. The Morgan fingerprint density at radius 3 is 2.61 bits per heavy atom. The van der Waals surface area contributed by atoms with Crippen LogP contribution in [0, 0.1) is 20.8 Å². The Kier molecular flexibility index (Phi) is 6.70. The molecule has 3 aromatic heterocycles. The van der Waals surface area contributed by atoms with Gasteiger partial charge in [0.25, 0.3) is 5.91 Å². The van der Waals surface area contributed by atoms with Crippen LogP contribution in [-0.4, -0.2) is 36.7 Å². The normalized spacial score (nSPS) is 11.4. The van der Waals surface area contributed by atoms with E-state index in [1.54, 1.807) is 29.1 Å². The first-order valence-corrected chi connectivity index (χ1v) is 12.4. The fourth-order valence-electron chi connectivity index (χ4n) is 4.49. The number of nitrogens with zero attached hydrogens (tertiary/aromatic N) is 4. The largest absolute Gasteiger partial charge is 0.320 e. The highest BCUT2D eigenvalue weighted by molar-refractivity contribution is 6.13. The fraction of sp³-hybridized carbons (Fsp3) is 0.167. The number of benzene rings is 2. The van der Waals surface area contributed by atoms with Crippen LogP contribution in [0.2, 0.25) is 0 Å². The van der Waals surface area contributed by atoms with Gasteiger partial charge in [0.15, 0.2) is 5.78 Å². The minimum atomic E-state index is -0.261. The summed E-state index contributed by atoms with van der Waals surface area (Å²) in [4.78, 5) is 30.9. The molecular weight excluding hydrogens is 476 g/mol. The minimum absolute atomic E-state index is 0.130. The number of fused-ring (bicyclic) bond motifs is 1. The summed E-state index contributed by atoms with van der Waals surface area (Å²) in [5.41, 5.74) is 6.99. The van der Waals surface area contributed by atoms with Crippen molar-refractivity contribution in [2.45, 2.75) is 34.2 Å². The van der Waals surface area contributed by atoms with Gasteiger partial charge in [-0.3, -0.25) is 24.4 Å². The molecule has 8 heteroatoms. The molecule has 0 bridgehead atoms. The maximum atomic E-state index is 13.6. The molecule has 0 radical (unpaired) electrons. The first kappa shape index (κ1) is 24.8. The van der Waals surface area contributed by atoms with Crippen LogP contribution in [0.25, 0.3) is 23.1 Å². The van der Waals surface area contributed by atoms with Gasteiger partial charge in [-0.15, -0.1) is 0 Å². The van der Waals surface area contributed by atoms with Crippen LogP contribution in [0.1, 0.15) is 61.5 Å². The lowest BCUT2D eigenvalue weighted by Crippen LogP contribution is -2.18. The zero-order valence-electron chi connectivity index (χ0n) is 21.7. The molecule has 8 nitrogen and oxygen atoms in total. The first-order valence-electron chi connectivity index (χ1n) is 12.4. The molecule has 5 rings (SSSR count). The van der Waals surface area contributed by atoms with Crippen molar-refractivity contribution in [1.29, 1.82) is 0 Å². The lowest BCUT2D eigenvalue weighted by Gasteiger charge is -2.13. The van der Waals surface area contributed by atoms with Crippen molar-refractivity contribution in [2.24, 2.45) is 0 Å². The summed E-state index contributed by atoms with van der Waals surface area (Å²) in [5, 5.41) is 15.7. The van der Waals surface area contributed by atoms with Gasteiger partial charge in [0.2, 0.25) is 0 Å². The number of carbonyl (C=O) groups is 2. The van der Waals surface area contributed by atoms with Gasteiger partial charge in [0.1, 0.15) is 5.69 Å². The van der Waals surface area contributed by atoms with Crippen LogP contribution >= 0.6 is 0 Å². The third-order valence-electron chi connectivity index (χ3n) is 6.45. The van der Waals surface area contributed by atoms with Gasteiger partial charge < -0.3 is 5.32 Å². The number of H-pyrrole nitrogens is 1. The molecule has 0 unspecified atom stereocenters. The molecule has 38 heavy (non-hydrogen) atoms. The van der Waals surface area contributed by atoms with Gasteiger partial charge in [-0.1, -0.05) is 18.2 Å². The van der Waals surface area contributed by atoms with Gasteiger partial charge in [-0.2, -0.15) is 10.2 Å². The second-order valence-electron chi connectivity index (χ2n) is 9.21. The molecule has 0 saturated carbocycles. The predicted molar refractivity (Wildman–Crippen MR) is 149 cm³/mol. The number of hydrogen-bond donors (Lipinski definition) is 2. The standard InChI is InChI=1S/C30H28N6O2/c1-5-36-28(15-20(4)35-36)30(38)32-26-17-24(18(2)14-19(26)3)29(37)21-9-11-23-25(33-34-27(23)16-21)12-10-22-8-6-7-13-31-22/h6-17H,5H2,1-4H3,(H,32,38)(H,33,34). The van der Waals surface area contributed by atoms with Gasteiger partial charge >= 0.3 is 0 Å². The van der Waals surface area contributed by atoms with Crippen LogP contribution in [0.3, 0.4) is 0 Å². The maximum Gasteiger partial charge on any atom is 0.273 e. The van der Waals surface area contributed by atoms with E-state index in [9.17, 15) is 9.59 Å². The van der Waals surface area contributed by atoms with Crippen LogP contribution in [0.5, 0.6) is 0 Å². The Morgan fingerprint density at radius 1 is 1.00 bits per heavy atom. The Labute approximate surface area is 220 Å². The average molecular weight is 505 g/mol. The van der Waals surface area contributed by atoms with Crippen molar-refractivity contribution in [1.82, 2.24) is 25.0 Å². The highest BCUT2D eigenvalue weighted by Gasteiger charge is 2.19. The number of amides is 1. The van der Waals surface area contributed by atoms with E-state index in [-0.39, 0.29) is 11.7 Å². The topological polar surface area (TPSA) is 106 Å². The number of hydrogen-bond acceptors (Lipinski definition) is 5. The molecule has 0 aliphatic heterocycles. The number of ketones is 1. The molecule has 0 saturated heterocycles. The lowest BCUT2D eigenvalue weighted by molar-refractivity contribution is 0.101. The number of aromatic nitrogens is 5. The number of carbonyl (C=O) groups excluding carboxylic acids is 2. The molecule has 3 heterocycles. The SMILES string of the molecule is CCn1nc(C)cc1C(=O)Nc1cc(C(=O)c2ccc3c(C=Cc4ccccn4)n[nH]c3c2)c(C)cc1C. The van der Waals surface area contributed by atoms with E-state index < -0.39 is 0 Å². The summed E-state index contributed by atoms with van der Waals surface area (Å²) >= 11 is 0. The van der Waals surface area contributed by atoms with E-state index in [1.807, 2.05) is 76.2 Å². The van der Waals surface area contributed by atoms with Crippen LogP contribution < -0.4 is 5.32 Å². The van der Waals surface area contributed by atoms with Gasteiger partial charge in [0, 0.05) is 34.9 Å². The number of rotatable bonds is 7. The summed E-state index contributed by atoms with van der Waals surface area (Å²) in [6.07, 6.45) is 5.54. The van der Waals surface area contributed by atoms with Crippen molar-refractivity contribution in [3.63, 3.8) is 0 Å². The van der Waals surface area contributed by atoms with Gasteiger partial charge in [-0.25, -0.2) is 0 Å². The number of pyridine rings is 1. The Morgan fingerprint density at radius 2 is 1.84 bits per heavy atom. The number of anilines is 1. The summed E-state index contributed by atoms with van der Waals surface area (Å²) < 4.78 is 1.67. The molecule has 1 amide bonds. The van der Waals surface area contributed by atoms with Crippen LogP contribution in [0.15, 0.2) is 60.8 Å². The Hall–Kier alpha value is -4.85. The average Bonchev–Trinajstić information content (AvgIpc) is 3.51. The Bertz CT molecular complexity index is 1700. The minimum Gasteiger partial charge on any atom is -0.320 e. The van der Waals surface area contributed by atoms with Crippen molar-refractivity contribution >= 4 is 40.4 Å². The molecule has 2 N–H and O–H groups in total. The molecule has 2 aromatic carbocycles. The van der Waals surface area contributed by atoms with E-state index in [1.165, 1.54) is 0 Å². The second-order valence-corrected chi connectivity index (χ2v) is 9.21. The van der Waals surface area contributed by atoms with E-state index >= 15 is 0 Å². The smallest absolute Gasteiger partial charge is 0.273 e.